The molecule has 1 aliphatic carbocycles. The molecule has 1 N–H and O–H groups in total. The Bertz CT molecular complexity index is 446. The first kappa shape index (κ1) is 15.4. The number of carbonyl (C=O) groups excluding carboxylic acids is 1. The van der Waals surface area contributed by atoms with Crippen molar-refractivity contribution in [1.29, 1.82) is 0 Å². The van der Waals surface area contributed by atoms with Crippen LogP contribution in [-0.2, 0) is 11.2 Å². The third-order valence-corrected chi connectivity index (χ3v) is 4.83. The number of amides is 1. The number of carbonyl (C=O) groups is 1. The number of benzene rings is 1. The van der Waals surface area contributed by atoms with E-state index in [2.05, 4.69) is 5.32 Å². The van der Waals surface area contributed by atoms with E-state index in [1.807, 2.05) is 31.2 Å². The zero-order valence-corrected chi connectivity index (χ0v) is 13.0. The molecule has 1 amide bonds. The van der Waals surface area contributed by atoms with Crippen LogP contribution in [0.3, 0.4) is 0 Å². The highest BCUT2D eigenvalue weighted by molar-refractivity contribution is 6.18. The Labute approximate surface area is 126 Å². The molecule has 1 saturated carbocycles. The molecule has 0 aromatic heterocycles. The second kappa shape index (κ2) is 7.68. The number of hydrogen-bond acceptors (Lipinski definition) is 1. The normalized spacial score (nSPS) is 22.5. The first-order chi connectivity index (χ1) is 9.70. The van der Waals surface area contributed by atoms with Crippen molar-refractivity contribution in [2.24, 2.45) is 11.8 Å². The summed E-state index contributed by atoms with van der Waals surface area (Å²) in [6, 6.07) is 8.06. The van der Waals surface area contributed by atoms with Gasteiger partial charge in [-0.25, -0.2) is 0 Å². The van der Waals surface area contributed by atoms with E-state index in [1.54, 1.807) is 0 Å². The summed E-state index contributed by atoms with van der Waals surface area (Å²) in [5.74, 6) is 1.97. The van der Waals surface area contributed by atoms with E-state index in [4.69, 9.17) is 11.6 Å². The maximum atomic E-state index is 12.1. The van der Waals surface area contributed by atoms with E-state index in [9.17, 15) is 4.79 Å². The van der Waals surface area contributed by atoms with Crippen LogP contribution < -0.4 is 5.32 Å². The van der Waals surface area contributed by atoms with Gasteiger partial charge in [0.05, 0.1) is 6.42 Å². The van der Waals surface area contributed by atoms with Gasteiger partial charge in [-0.05, 0) is 42.7 Å². The van der Waals surface area contributed by atoms with Crippen molar-refractivity contribution >= 4 is 17.5 Å². The highest BCUT2D eigenvalue weighted by atomic mass is 35.5. The maximum Gasteiger partial charge on any atom is 0.224 e. The van der Waals surface area contributed by atoms with Gasteiger partial charge in [0.15, 0.2) is 0 Å². The van der Waals surface area contributed by atoms with Gasteiger partial charge in [0.1, 0.15) is 0 Å². The summed E-state index contributed by atoms with van der Waals surface area (Å²) in [6.45, 7) is 2.83. The molecule has 2 unspecified atom stereocenters. The van der Waals surface area contributed by atoms with Crippen LogP contribution in [-0.4, -0.2) is 18.3 Å². The smallest absolute Gasteiger partial charge is 0.224 e. The molecule has 1 fully saturated rings. The van der Waals surface area contributed by atoms with E-state index in [0.29, 0.717) is 18.3 Å². The fourth-order valence-electron chi connectivity index (χ4n) is 3.05. The molecule has 1 aromatic rings. The van der Waals surface area contributed by atoms with Gasteiger partial charge in [-0.2, -0.15) is 0 Å². The fraction of sp³-hybridized carbons (Fsp3) is 0.588. The summed E-state index contributed by atoms with van der Waals surface area (Å²) in [6.07, 6.45) is 5.44. The zero-order chi connectivity index (χ0) is 14.4. The number of aryl methyl sites for hydroxylation is 1. The van der Waals surface area contributed by atoms with Crippen molar-refractivity contribution < 1.29 is 4.79 Å². The Morgan fingerprint density at radius 2 is 1.95 bits per heavy atom. The summed E-state index contributed by atoms with van der Waals surface area (Å²) < 4.78 is 0. The SMILES string of the molecule is Cc1ccccc1CC(=O)NCC1CCCCC1CCl. The van der Waals surface area contributed by atoms with Crippen molar-refractivity contribution in [2.45, 2.75) is 39.0 Å². The lowest BCUT2D eigenvalue weighted by Crippen LogP contribution is -2.35. The molecule has 1 aliphatic rings. The van der Waals surface area contributed by atoms with Crippen LogP contribution in [0.25, 0.3) is 0 Å². The minimum Gasteiger partial charge on any atom is -0.356 e. The van der Waals surface area contributed by atoms with Gasteiger partial charge in [0.2, 0.25) is 5.91 Å². The topological polar surface area (TPSA) is 29.1 Å². The van der Waals surface area contributed by atoms with E-state index in [-0.39, 0.29) is 5.91 Å². The fourth-order valence-corrected chi connectivity index (χ4v) is 3.45. The summed E-state index contributed by atoms with van der Waals surface area (Å²) in [4.78, 5) is 12.1. The summed E-state index contributed by atoms with van der Waals surface area (Å²) in [5, 5.41) is 3.09. The number of hydrogen-bond donors (Lipinski definition) is 1. The summed E-state index contributed by atoms with van der Waals surface area (Å²) in [5.41, 5.74) is 2.29. The third-order valence-electron chi connectivity index (χ3n) is 4.44. The van der Waals surface area contributed by atoms with Crippen LogP contribution in [0.1, 0.15) is 36.8 Å². The van der Waals surface area contributed by atoms with Gasteiger partial charge in [-0.1, -0.05) is 37.1 Å². The van der Waals surface area contributed by atoms with Gasteiger partial charge in [0, 0.05) is 12.4 Å². The van der Waals surface area contributed by atoms with Crippen LogP contribution in [0.2, 0.25) is 0 Å². The molecular formula is C17H24ClNO. The molecule has 3 heteroatoms. The second-order valence-corrected chi connectivity index (χ2v) is 6.17. The Morgan fingerprint density at radius 3 is 2.65 bits per heavy atom. The van der Waals surface area contributed by atoms with Crippen molar-refractivity contribution in [3.63, 3.8) is 0 Å². The van der Waals surface area contributed by atoms with Gasteiger partial charge in [-0.3, -0.25) is 4.79 Å². The maximum absolute atomic E-state index is 12.1. The Kier molecular flexibility index (Phi) is 5.90. The van der Waals surface area contributed by atoms with Gasteiger partial charge < -0.3 is 5.32 Å². The van der Waals surface area contributed by atoms with Crippen molar-refractivity contribution in [3.05, 3.63) is 35.4 Å². The summed E-state index contributed by atoms with van der Waals surface area (Å²) >= 11 is 6.03. The average molecular weight is 294 g/mol. The van der Waals surface area contributed by atoms with E-state index < -0.39 is 0 Å². The van der Waals surface area contributed by atoms with Crippen LogP contribution >= 0.6 is 11.6 Å². The molecule has 0 heterocycles. The predicted molar refractivity (Wildman–Crippen MR) is 84.1 cm³/mol. The highest BCUT2D eigenvalue weighted by Crippen LogP contribution is 2.30. The monoisotopic (exact) mass is 293 g/mol. The van der Waals surface area contributed by atoms with Crippen LogP contribution in [0.5, 0.6) is 0 Å². The first-order valence-electron chi connectivity index (χ1n) is 7.58. The second-order valence-electron chi connectivity index (χ2n) is 5.87. The Morgan fingerprint density at radius 1 is 1.25 bits per heavy atom. The Balaban J connectivity index is 1.81. The van der Waals surface area contributed by atoms with Crippen LogP contribution in [0.4, 0.5) is 0 Å². The van der Waals surface area contributed by atoms with Crippen LogP contribution in [0, 0.1) is 18.8 Å². The van der Waals surface area contributed by atoms with Crippen LogP contribution in [0.15, 0.2) is 24.3 Å². The summed E-state index contributed by atoms with van der Waals surface area (Å²) in [7, 11) is 0. The van der Waals surface area contributed by atoms with Crippen molar-refractivity contribution in [3.8, 4) is 0 Å². The van der Waals surface area contributed by atoms with E-state index >= 15 is 0 Å². The van der Waals surface area contributed by atoms with E-state index in [0.717, 1.165) is 18.0 Å². The molecule has 2 rings (SSSR count). The lowest BCUT2D eigenvalue weighted by molar-refractivity contribution is -0.120. The predicted octanol–water partition coefficient (Wildman–Crippen LogP) is 3.70. The number of nitrogens with one attached hydrogen (secondary N) is 1. The number of rotatable bonds is 5. The third kappa shape index (κ3) is 4.24. The molecule has 0 saturated heterocycles. The lowest BCUT2D eigenvalue weighted by Gasteiger charge is -2.30. The quantitative estimate of drug-likeness (QED) is 0.824. The molecule has 0 aliphatic heterocycles. The van der Waals surface area contributed by atoms with Crippen molar-refractivity contribution in [1.82, 2.24) is 5.32 Å². The number of halogens is 1. The standard InChI is InChI=1S/C17H24ClNO/c1-13-6-2-3-7-14(13)10-17(20)19-12-16-9-5-4-8-15(16)11-18/h2-3,6-7,15-16H,4-5,8-12H2,1H3,(H,19,20). The first-order valence-corrected chi connectivity index (χ1v) is 8.11. The average Bonchev–Trinajstić information content (AvgIpc) is 2.48. The molecule has 1 aromatic carbocycles. The molecular weight excluding hydrogens is 270 g/mol. The Hall–Kier alpha value is -1.02. The molecule has 2 nitrogen and oxygen atoms in total. The number of alkyl halides is 1. The largest absolute Gasteiger partial charge is 0.356 e. The van der Waals surface area contributed by atoms with Gasteiger partial charge in [-0.15, -0.1) is 11.6 Å². The van der Waals surface area contributed by atoms with Gasteiger partial charge >= 0.3 is 0 Å². The minimum absolute atomic E-state index is 0.123. The minimum atomic E-state index is 0.123. The van der Waals surface area contributed by atoms with Crippen molar-refractivity contribution in [2.75, 3.05) is 12.4 Å². The molecule has 110 valence electrons. The lowest BCUT2D eigenvalue weighted by atomic mass is 9.80. The van der Waals surface area contributed by atoms with Gasteiger partial charge in [0.25, 0.3) is 0 Å². The molecule has 0 bridgehead atoms. The molecule has 20 heavy (non-hydrogen) atoms. The molecule has 2 atom stereocenters. The molecule has 0 radical (unpaired) electrons. The highest BCUT2D eigenvalue weighted by Gasteiger charge is 2.24. The molecule has 0 spiro atoms. The van der Waals surface area contributed by atoms with E-state index in [1.165, 1.54) is 31.2 Å². The zero-order valence-electron chi connectivity index (χ0n) is 12.2.